The number of carbonyl (C=O) groups excluding carboxylic acids is 1. The van der Waals surface area contributed by atoms with E-state index in [0.717, 1.165) is 52.9 Å². The van der Waals surface area contributed by atoms with E-state index >= 15 is 0 Å². The van der Waals surface area contributed by atoms with Crippen LogP contribution in [-0.2, 0) is 4.79 Å². The molecule has 0 atom stereocenters. The van der Waals surface area contributed by atoms with Crippen molar-refractivity contribution < 1.29 is 27.9 Å². The van der Waals surface area contributed by atoms with Crippen LogP contribution in [0.2, 0.25) is 0 Å². The number of carbonyl (C=O) groups is 2. The molecule has 0 radical (unpaired) electrons. The number of carboxylic acids is 1. The van der Waals surface area contributed by atoms with Gasteiger partial charge in [0.1, 0.15) is 0 Å². The van der Waals surface area contributed by atoms with Gasteiger partial charge in [-0.2, -0.15) is 13.2 Å². The fraction of sp³-hybridized carbons (Fsp3) is 0.316. The number of hydrogen-bond donors (Lipinski definition) is 3. The Labute approximate surface area is 184 Å². The normalized spacial score (nSPS) is 13.9. The first-order valence-electron chi connectivity index (χ1n) is 9.41. The number of amides is 1. The van der Waals surface area contributed by atoms with Crippen LogP contribution in [0.4, 0.5) is 24.7 Å². The quantitative estimate of drug-likeness (QED) is 0.537. The van der Waals surface area contributed by atoms with Gasteiger partial charge in [-0.05, 0) is 37.3 Å². The lowest BCUT2D eigenvalue weighted by Crippen LogP contribution is -2.44. The standard InChI is InChI=1S/C17H18N6OS.C2HF3O2/c1-11-19-13-3-2-12(10-15(13)25-11)20-17(24)14-4-5-16(22-21-14)23-8-6-18-7-9-23;3-2(4,5)1(6)7/h2-5,10,18H,6-9H2,1H3,(H,20,24);(H,6,7). The predicted molar refractivity (Wildman–Crippen MR) is 113 cm³/mol. The molecule has 1 aliphatic heterocycles. The van der Waals surface area contributed by atoms with Gasteiger partial charge in [0.2, 0.25) is 0 Å². The van der Waals surface area contributed by atoms with Crippen LogP contribution in [0, 0.1) is 6.92 Å². The highest BCUT2D eigenvalue weighted by Gasteiger charge is 2.38. The fourth-order valence-corrected chi connectivity index (χ4v) is 3.69. The highest BCUT2D eigenvalue weighted by molar-refractivity contribution is 7.18. The zero-order valence-corrected chi connectivity index (χ0v) is 17.6. The molecule has 1 amide bonds. The van der Waals surface area contributed by atoms with Gasteiger partial charge in [-0.3, -0.25) is 4.79 Å². The number of aryl methyl sites for hydroxylation is 1. The Bertz CT molecular complexity index is 1100. The molecule has 2 aromatic heterocycles. The summed E-state index contributed by atoms with van der Waals surface area (Å²) in [4.78, 5) is 27.9. The number of hydrogen-bond acceptors (Lipinski definition) is 8. The Balaban J connectivity index is 0.000000360. The van der Waals surface area contributed by atoms with Crippen LogP contribution >= 0.6 is 11.3 Å². The molecule has 32 heavy (non-hydrogen) atoms. The van der Waals surface area contributed by atoms with E-state index in [1.165, 1.54) is 0 Å². The van der Waals surface area contributed by atoms with Gasteiger partial charge in [0.05, 0.1) is 15.2 Å². The number of fused-ring (bicyclic) bond motifs is 1. The summed E-state index contributed by atoms with van der Waals surface area (Å²) in [6, 6.07) is 9.26. The van der Waals surface area contributed by atoms with Gasteiger partial charge in [0.25, 0.3) is 5.91 Å². The number of thiazole rings is 1. The van der Waals surface area contributed by atoms with Crippen molar-refractivity contribution in [3.63, 3.8) is 0 Å². The van der Waals surface area contributed by atoms with Crippen LogP contribution in [0.3, 0.4) is 0 Å². The maximum absolute atomic E-state index is 12.4. The summed E-state index contributed by atoms with van der Waals surface area (Å²) >= 11 is 1.61. The summed E-state index contributed by atoms with van der Waals surface area (Å²) in [7, 11) is 0. The van der Waals surface area contributed by atoms with E-state index in [-0.39, 0.29) is 5.91 Å². The molecule has 0 unspecified atom stereocenters. The summed E-state index contributed by atoms with van der Waals surface area (Å²) < 4.78 is 32.8. The zero-order chi connectivity index (χ0) is 23.3. The molecule has 170 valence electrons. The van der Waals surface area contributed by atoms with E-state index in [2.05, 4.69) is 30.7 Å². The van der Waals surface area contributed by atoms with Crippen LogP contribution in [0.25, 0.3) is 10.2 Å². The molecule has 0 saturated carbocycles. The molecule has 3 N–H and O–H groups in total. The van der Waals surface area contributed by atoms with Crippen LogP contribution in [0.1, 0.15) is 15.5 Å². The monoisotopic (exact) mass is 468 g/mol. The summed E-state index contributed by atoms with van der Waals surface area (Å²) in [5.74, 6) is -2.22. The molecule has 1 aromatic carbocycles. The highest BCUT2D eigenvalue weighted by atomic mass is 32.1. The summed E-state index contributed by atoms with van der Waals surface area (Å²) in [5, 5.41) is 22.6. The molecule has 9 nitrogen and oxygen atoms in total. The second-order valence-electron chi connectivity index (χ2n) is 6.69. The first-order chi connectivity index (χ1) is 15.1. The predicted octanol–water partition coefficient (Wildman–Crippen LogP) is 2.69. The number of piperazine rings is 1. The number of carboxylic acid groups (broad SMARTS) is 1. The van der Waals surface area contributed by atoms with Crippen molar-refractivity contribution in [1.29, 1.82) is 0 Å². The summed E-state index contributed by atoms with van der Waals surface area (Å²) in [5.41, 5.74) is 1.98. The molecule has 0 bridgehead atoms. The average Bonchev–Trinajstić information content (AvgIpc) is 3.13. The Morgan fingerprint density at radius 1 is 1.16 bits per heavy atom. The van der Waals surface area contributed by atoms with E-state index in [0.29, 0.717) is 5.69 Å². The van der Waals surface area contributed by atoms with Crippen LogP contribution in [0.5, 0.6) is 0 Å². The molecule has 3 aromatic rings. The summed E-state index contributed by atoms with van der Waals surface area (Å²) in [6.45, 7) is 5.63. The fourth-order valence-electron chi connectivity index (χ4n) is 2.82. The number of alkyl halides is 3. The van der Waals surface area contributed by atoms with Crippen molar-refractivity contribution >= 4 is 44.9 Å². The molecule has 0 aliphatic carbocycles. The second-order valence-corrected chi connectivity index (χ2v) is 7.92. The van der Waals surface area contributed by atoms with Gasteiger partial charge >= 0.3 is 12.1 Å². The molecule has 3 heterocycles. The molecule has 0 spiro atoms. The van der Waals surface area contributed by atoms with Crippen molar-refractivity contribution in [1.82, 2.24) is 20.5 Å². The third kappa shape index (κ3) is 6.11. The topological polar surface area (TPSA) is 120 Å². The third-order valence-electron chi connectivity index (χ3n) is 4.32. The largest absolute Gasteiger partial charge is 0.490 e. The number of nitrogens with one attached hydrogen (secondary N) is 2. The lowest BCUT2D eigenvalue weighted by atomic mass is 10.2. The maximum Gasteiger partial charge on any atom is 0.490 e. The van der Waals surface area contributed by atoms with Gasteiger partial charge in [0.15, 0.2) is 11.5 Å². The van der Waals surface area contributed by atoms with Gasteiger partial charge in [-0.25, -0.2) is 9.78 Å². The molecule has 13 heteroatoms. The Kier molecular flexibility index (Phi) is 7.20. The van der Waals surface area contributed by atoms with Gasteiger partial charge in [0, 0.05) is 31.9 Å². The minimum Gasteiger partial charge on any atom is -0.475 e. The molecular weight excluding hydrogens is 449 g/mol. The van der Waals surface area contributed by atoms with Gasteiger partial charge < -0.3 is 20.6 Å². The van der Waals surface area contributed by atoms with Crippen molar-refractivity contribution in [2.75, 3.05) is 36.4 Å². The number of benzene rings is 1. The van der Waals surface area contributed by atoms with E-state index in [9.17, 15) is 18.0 Å². The number of anilines is 2. The van der Waals surface area contributed by atoms with Crippen molar-refractivity contribution in [2.45, 2.75) is 13.1 Å². The lowest BCUT2D eigenvalue weighted by Gasteiger charge is -2.27. The Morgan fingerprint density at radius 3 is 2.44 bits per heavy atom. The number of aliphatic carboxylic acids is 1. The minimum absolute atomic E-state index is 0.264. The number of nitrogens with zero attached hydrogens (tertiary/aromatic N) is 4. The number of rotatable bonds is 3. The van der Waals surface area contributed by atoms with E-state index in [1.54, 1.807) is 17.4 Å². The average molecular weight is 468 g/mol. The SMILES string of the molecule is Cc1nc2ccc(NC(=O)c3ccc(N4CCNCC4)nn3)cc2s1.O=C(O)C(F)(F)F. The van der Waals surface area contributed by atoms with Crippen LogP contribution < -0.4 is 15.5 Å². The Hall–Kier alpha value is -3.32. The summed E-state index contributed by atoms with van der Waals surface area (Å²) in [6.07, 6.45) is -5.08. The van der Waals surface area contributed by atoms with E-state index < -0.39 is 12.1 Å². The first kappa shape index (κ1) is 23.3. The minimum atomic E-state index is -5.08. The van der Waals surface area contributed by atoms with Crippen molar-refractivity contribution in [2.24, 2.45) is 0 Å². The van der Waals surface area contributed by atoms with Crippen LogP contribution in [-0.4, -0.2) is 64.5 Å². The zero-order valence-electron chi connectivity index (χ0n) is 16.8. The second kappa shape index (κ2) is 9.87. The highest BCUT2D eigenvalue weighted by Crippen LogP contribution is 2.25. The first-order valence-corrected chi connectivity index (χ1v) is 10.2. The molecular formula is C19H19F3N6O3S. The van der Waals surface area contributed by atoms with Crippen LogP contribution in [0.15, 0.2) is 30.3 Å². The molecule has 4 rings (SSSR count). The smallest absolute Gasteiger partial charge is 0.475 e. The van der Waals surface area contributed by atoms with Gasteiger partial charge in [-0.15, -0.1) is 21.5 Å². The number of aromatic nitrogens is 3. The van der Waals surface area contributed by atoms with Crippen molar-refractivity contribution in [3.8, 4) is 0 Å². The maximum atomic E-state index is 12.4. The van der Waals surface area contributed by atoms with Gasteiger partial charge in [-0.1, -0.05) is 0 Å². The van der Waals surface area contributed by atoms with Crippen molar-refractivity contribution in [3.05, 3.63) is 41.0 Å². The van der Waals surface area contributed by atoms with E-state index in [4.69, 9.17) is 9.90 Å². The molecule has 1 saturated heterocycles. The number of halogens is 3. The molecule has 1 fully saturated rings. The lowest BCUT2D eigenvalue weighted by molar-refractivity contribution is -0.192. The van der Waals surface area contributed by atoms with E-state index in [1.807, 2.05) is 31.2 Å². The third-order valence-corrected chi connectivity index (χ3v) is 5.25. The molecule has 1 aliphatic rings. The Morgan fingerprint density at radius 2 is 1.84 bits per heavy atom.